The second-order valence-corrected chi connectivity index (χ2v) is 7.43. The van der Waals surface area contributed by atoms with E-state index in [1.165, 1.54) is 38.2 Å². The first-order valence-electron chi connectivity index (χ1n) is 8.54. The fourth-order valence-corrected chi connectivity index (χ4v) is 3.45. The number of hydrogen-bond acceptors (Lipinski definition) is 11. The molecule has 2 aliphatic rings. The van der Waals surface area contributed by atoms with E-state index in [1.54, 1.807) is 0 Å². The Balaban J connectivity index is 2.29. The van der Waals surface area contributed by atoms with Crippen LogP contribution in [0.1, 0.15) is 31.0 Å². The van der Waals surface area contributed by atoms with Gasteiger partial charge >= 0.3 is 5.91 Å². The maximum absolute atomic E-state index is 11.0. The maximum Gasteiger partial charge on any atom is 0.333 e. The minimum Gasteiger partial charge on any atom is -0.485 e. The molecule has 1 unspecified atom stereocenters. The average Bonchev–Trinajstić information content (AvgIpc) is 2.67. The summed E-state index contributed by atoms with van der Waals surface area (Å²) in [6, 6.07) is 4.52. The number of nitriles is 2. The number of hydroxylamine groups is 2. The smallest absolute Gasteiger partial charge is 0.333 e. The van der Waals surface area contributed by atoms with E-state index in [1.807, 2.05) is 6.07 Å². The Labute approximate surface area is 169 Å². The van der Waals surface area contributed by atoms with Crippen LogP contribution in [-0.2, 0) is 0 Å². The van der Waals surface area contributed by atoms with Gasteiger partial charge < -0.3 is 35.4 Å². The molecular formula is C17H19N5O8. The van der Waals surface area contributed by atoms with Gasteiger partial charge in [-0.1, -0.05) is 0 Å². The van der Waals surface area contributed by atoms with Crippen molar-refractivity contribution in [1.82, 2.24) is 9.96 Å². The summed E-state index contributed by atoms with van der Waals surface area (Å²) in [5, 5.41) is 89.5. The van der Waals surface area contributed by atoms with E-state index in [0.717, 1.165) is 0 Å². The molecule has 0 bridgehead atoms. The lowest BCUT2D eigenvalue weighted by molar-refractivity contribution is -0.485. The summed E-state index contributed by atoms with van der Waals surface area (Å²) in [6.45, 7) is 2.96. The second-order valence-electron chi connectivity index (χ2n) is 7.43. The van der Waals surface area contributed by atoms with E-state index in [-0.39, 0.29) is 16.9 Å². The van der Waals surface area contributed by atoms with Crippen molar-refractivity contribution in [3.05, 3.63) is 29.3 Å². The van der Waals surface area contributed by atoms with Crippen molar-refractivity contribution in [2.24, 2.45) is 4.99 Å². The lowest BCUT2D eigenvalue weighted by atomic mass is 9.84. The number of aliphatic hydroxyl groups excluding tert-OH is 2. The number of guanidine groups is 1. The Morgan fingerprint density at radius 3 is 2.33 bits per heavy atom. The predicted octanol–water partition coefficient (Wildman–Crippen LogP) is -2.39. The van der Waals surface area contributed by atoms with Crippen LogP contribution in [0.5, 0.6) is 5.75 Å². The predicted molar refractivity (Wildman–Crippen MR) is 93.5 cm³/mol. The van der Waals surface area contributed by atoms with Gasteiger partial charge in [-0.15, -0.1) is 4.99 Å². The van der Waals surface area contributed by atoms with Crippen LogP contribution in [0.2, 0.25) is 0 Å². The number of hydrogen-bond donors (Lipinski definition) is 7. The first-order chi connectivity index (χ1) is 13.8. The third-order valence-electron chi connectivity index (χ3n) is 5.12. The highest BCUT2D eigenvalue weighted by Gasteiger charge is 2.67. The summed E-state index contributed by atoms with van der Waals surface area (Å²) in [5.74, 6) is -8.54. The highest BCUT2D eigenvalue weighted by Crippen LogP contribution is 2.47. The summed E-state index contributed by atoms with van der Waals surface area (Å²) in [4.78, 5) is 3.75. The van der Waals surface area contributed by atoms with Crippen LogP contribution < -0.4 is 4.74 Å². The third-order valence-corrected chi connectivity index (χ3v) is 5.12. The number of ether oxygens (including phenoxy) is 1. The SMILES string of the molecule is CC1(C)Oc2ccc(C#N)cc2[C@@H](N2C(=NC#N)N(O)C(O)(O)C(O)(O)C2O)[C@@H]1O. The van der Waals surface area contributed by atoms with E-state index in [2.05, 4.69) is 4.99 Å². The molecule has 2 heterocycles. The summed E-state index contributed by atoms with van der Waals surface area (Å²) in [5.41, 5.74) is -1.15. The molecular weight excluding hydrogens is 402 g/mol. The average molecular weight is 421 g/mol. The van der Waals surface area contributed by atoms with Crippen LogP contribution in [-0.4, -0.2) is 81.4 Å². The van der Waals surface area contributed by atoms with E-state index in [9.17, 15) is 41.1 Å². The number of aliphatic imine (C=N–C) groups is 1. The topological polar surface area (TPSA) is 217 Å². The molecule has 2 aliphatic heterocycles. The van der Waals surface area contributed by atoms with E-state index in [4.69, 9.17) is 10.00 Å². The molecule has 1 fully saturated rings. The number of fused-ring (bicyclic) bond motifs is 1. The lowest BCUT2D eigenvalue weighted by Gasteiger charge is -2.56. The molecule has 0 aliphatic carbocycles. The van der Waals surface area contributed by atoms with Gasteiger partial charge in [0.25, 0.3) is 5.79 Å². The molecule has 13 heteroatoms. The van der Waals surface area contributed by atoms with Gasteiger partial charge in [0.15, 0.2) is 6.23 Å². The highest BCUT2D eigenvalue weighted by molar-refractivity contribution is 5.82. The van der Waals surface area contributed by atoms with Crippen molar-refractivity contribution in [3.8, 4) is 18.0 Å². The fraction of sp³-hybridized carbons (Fsp3) is 0.471. The van der Waals surface area contributed by atoms with Crippen molar-refractivity contribution in [3.63, 3.8) is 0 Å². The Kier molecular flexibility index (Phi) is 4.89. The van der Waals surface area contributed by atoms with Gasteiger partial charge in [-0.05, 0) is 32.0 Å². The summed E-state index contributed by atoms with van der Waals surface area (Å²) in [7, 11) is 0. The van der Waals surface area contributed by atoms with E-state index in [0.29, 0.717) is 4.90 Å². The normalized spacial score (nSPS) is 30.1. The Bertz CT molecular complexity index is 979. The quantitative estimate of drug-likeness (QED) is 0.187. The molecule has 0 amide bonds. The molecule has 0 aromatic heterocycles. The minimum atomic E-state index is -3.87. The van der Waals surface area contributed by atoms with Crippen molar-refractivity contribution in [1.29, 1.82) is 10.5 Å². The Morgan fingerprint density at radius 2 is 1.77 bits per heavy atom. The molecule has 30 heavy (non-hydrogen) atoms. The molecule has 13 nitrogen and oxygen atoms in total. The molecule has 3 rings (SSSR count). The van der Waals surface area contributed by atoms with Crippen molar-refractivity contribution in [2.75, 3.05) is 0 Å². The zero-order valence-corrected chi connectivity index (χ0v) is 15.7. The standard InChI is InChI=1S/C17H19N5O8/c1-15(2)12(23)11(9-5-8(6-18)3-4-10(9)30-15)21-13(24)16(25,26)17(27,28)22(29)14(21)20-7-19/h3-5,11-13,23-29H,1-2H3/t11-,12+,13?/m1/s1. The van der Waals surface area contributed by atoms with Gasteiger partial charge in [0.05, 0.1) is 17.7 Å². The molecule has 160 valence electrons. The highest BCUT2D eigenvalue weighted by atomic mass is 16.7. The van der Waals surface area contributed by atoms with Gasteiger partial charge in [0, 0.05) is 5.56 Å². The van der Waals surface area contributed by atoms with Gasteiger partial charge in [-0.25, -0.2) is 0 Å². The van der Waals surface area contributed by atoms with Crippen LogP contribution in [0.25, 0.3) is 0 Å². The van der Waals surface area contributed by atoms with Gasteiger partial charge in [-0.3, -0.25) is 10.1 Å². The largest absolute Gasteiger partial charge is 0.485 e. The van der Waals surface area contributed by atoms with Crippen LogP contribution >= 0.6 is 0 Å². The van der Waals surface area contributed by atoms with Gasteiger partial charge in [-0.2, -0.15) is 15.6 Å². The summed E-state index contributed by atoms with van der Waals surface area (Å²) in [6.07, 6.45) is -2.89. The van der Waals surface area contributed by atoms with Gasteiger partial charge in [0.1, 0.15) is 17.5 Å². The molecule has 0 spiro atoms. The summed E-state index contributed by atoms with van der Waals surface area (Å²) < 4.78 is 5.73. The van der Waals surface area contributed by atoms with E-state index >= 15 is 0 Å². The van der Waals surface area contributed by atoms with Gasteiger partial charge in [0.2, 0.25) is 12.2 Å². The van der Waals surface area contributed by atoms with Crippen molar-refractivity contribution in [2.45, 2.75) is 49.5 Å². The molecule has 0 saturated carbocycles. The Morgan fingerprint density at radius 1 is 1.13 bits per heavy atom. The van der Waals surface area contributed by atoms with Crippen molar-refractivity contribution >= 4 is 5.96 Å². The number of rotatable bonds is 1. The summed E-state index contributed by atoms with van der Waals surface area (Å²) >= 11 is 0. The van der Waals surface area contributed by atoms with Crippen LogP contribution in [0, 0.1) is 22.8 Å². The van der Waals surface area contributed by atoms with Crippen molar-refractivity contribution < 1.29 is 40.6 Å². The van der Waals surface area contributed by atoms with Crippen LogP contribution in [0.15, 0.2) is 23.2 Å². The lowest BCUT2D eigenvalue weighted by Crippen LogP contribution is -2.80. The first-order valence-corrected chi connectivity index (χ1v) is 8.54. The minimum absolute atomic E-state index is 0.0677. The monoisotopic (exact) mass is 421 g/mol. The zero-order chi connectivity index (χ0) is 22.6. The first kappa shape index (κ1) is 21.7. The number of benzene rings is 1. The zero-order valence-electron chi connectivity index (χ0n) is 15.7. The van der Waals surface area contributed by atoms with Crippen LogP contribution in [0.3, 0.4) is 0 Å². The fourth-order valence-electron chi connectivity index (χ4n) is 3.45. The third kappa shape index (κ3) is 2.85. The second kappa shape index (κ2) is 6.76. The number of aliphatic hydroxyl groups is 6. The molecule has 1 aromatic rings. The molecule has 1 aromatic carbocycles. The molecule has 7 N–H and O–H groups in total. The number of nitrogens with zero attached hydrogens (tertiary/aromatic N) is 5. The van der Waals surface area contributed by atoms with E-state index < -0.39 is 46.7 Å². The molecule has 3 atom stereocenters. The Hall–Kier alpha value is -3.01. The van der Waals surface area contributed by atoms with Crippen LogP contribution in [0.4, 0.5) is 0 Å². The maximum atomic E-state index is 11.0. The molecule has 1 saturated heterocycles. The molecule has 0 radical (unpaired) electrons.